The minimum atomic E-state index is -0.411. The molecule has 1 aliphatic rings. The number of hydrogen-bond acceptors (Lipinski definition) is 2. The van der Waals surface area contributed by atoms with Gasteiger partial charge in [0, 0.05) is 0 Å². The molecule has 1 heterocycles. The highest BCUT2D eigenvalue weighted by atomic mass is 32.3. The van der Waals surface area contributed by atoms with E-state index < -0.39 is 13.0 Å². The Kier molecular flexibility index (Phi) is 3.30. The summed E-state index contributed by atoms with van der Waals surface area (Å²) in [5.41, 5.74) is 0. The van der Waals surface area contributed by atoms with Gasteiger partial charge in [-0.2, -0.15) is 10.3 Å². The van der Waals surface area contributed by atoms with Gasteiger partial charge in [0.25, 0.3) is 0 Å². The van der Waals surface area contributed by atoms with Crippen molar-refractivity contribution >= 4 is 23.3 Å². The molecular formula is C5H12AlNS. The Hall–Kier alpha value is 0.842. The average Bonchev–Trinajstić information content (AvgIpc) is 1.90. The number of nitrogens with two attached hydrogens (primary N) is 1. The normalized spacial score (nSPS) is 21.4. The molecule has 8 heavy (non-hydrogen) atoms. The molecule has 0 radical (unpaired) electrons. The molecule has 0 bridgehead atoms. The van der Waals surface area contributed by atoms with Gasteiger partial charge in [-0.05, 0) is 0 Å². The molecule has 46 valence electrons. The van der Waals surface area contributed by atoms with Gasteiger partial charge in [-0.15, -0.1) is 0 Å². The van der Waals surface area contributed by atoms with E-state index in [9.17, 15) is 0 Å². The molecule has 1 aliphatic heterocycles. The molecule has 0 aliphatic carbocycles. The largest absolute Gasteiger partial charge is 0.374 e. The summed E-state index contributed by atoms with van der Waals surface area (Å²) >= 11 is -0.411. The molecule has 0 aromatic carbocycles. The Morgan fingerprint density at radius 3 is 2.12 bits per heavy atom. The van der Waals surface area contributed by atoms with Gasteiger partial charge in [0.1, 0.15) is 0 Å². The first kappa shape index (κ1) is 6.96. The van der Waals surface area contributed by atoms with E-state index in [1.54, 1.807) is 10.3 Å². The third kappa shape index (κ3) is 1.99. The molecule has 0 spiro atoms. The smallest absolute Gasteiger partial charge is 0.296 e. The summed E-state index contributed by atoms with van der Waals surface area (Å²) < 4.78 is 0. The van der Waals surface area contributed by atoms with Gasteiger partial charge >= 0.3 is 13.0 Å². The molecular weight excluding hydrogens is 133 g/mol. The van der Waals surface area contributed by atoms with Gasteiger partial charge in [0.2, 0.25) is 0 Å². The number of rotatable bonds is 1. The number of hydrogen-bond donors (Lipinski definition) is 1. The van der Waals surface area contributed by atoms with E-state index in [0.29, 0.717) is 0 Å². The van der Waals surface area contributed by atoms with Crippen LogP contribution < -0.4 is 5.14 Å². The zero-order valence-corrected chi connectivity index (χ0v) is 7.07. The molecule has 0 aromatic rings. The first-order valence-electron chi connectivity index (χ1n) is 3.29. The van der Waals surface area contributed by atoms with E-state index in [0.717, 1.165) is 0 Å². The van der Waals surface area contributed by atoms with Crippen molar-refractivity contribution in [1.29, 1.82) is 0 Å². The van der Waals surface area contributed by atoms with Gasteiger partial charge in [0.05, 0.1) is 0 Å². The lowest BCUT2D eigenvalue weighted by Crippen LogP contribution is -2.13. The second kappa shape index (κ2) is 3.79. The average molecular weight is 145 g/mol. The van der Waals surface area contributed by atoms with E-state index in [1.165, 1.54) is 29.8 Å². The fourth-order valence-electron chi connectivity index (χ4n) is 1.20. The molecule has 1 rings (SSSR count). The van der Waals surface area contributed by atoms with Gasteiger partial charge in [-0.3, -0.25) is 5.14 Å². The molecule has 0 aromatic heterocycles. The SMILES string of the molecule is N[S][Al]1[CH2]CCC[CH2]1. The Labute approximate surface area is 58.6 Å². The molecule has 0 saturated carbocycles. The maximum absolute atomic E-state index is 5.48. The highest BCUT2D eigenvalue weighted by molar-refractivity contribution is 8.23. The minimum absolute atomic E-state index is 0.411. The van der Waals surface area contributed by atoms with E-state index >= 15 is 0 Å². The maximum atomic E-state index is 5.48. The lowest BCUT2D eigenvalue weighted by Gasteiger charge is -2.12. The van der Waals surface area contributed by atoms with Crippen LogP contribution in [0, 0.1) is 0 Å². The molecule has 1 fully saturated rings. The Morgan fingerprint density at radius 2 is 1.75 bits per heavy atom. The monoisotopic (exact) mass is 145 g/mol. The third-order valence-electron chi connectivity index (χ3n) is 1.74. The van der Waals surface area contributed by atoms with Crippen LogP contribution in [0.2, 0.25) is 10.6 Å². The third-order valence-corrected chi connectivity index (χ3v) is 6.80. The molecule has 1 nitrogen and oxygen atoms in total. The first-order valence-corrected chi connectivity index (χ1v) is 7.28. The second-order valence-corrected chi connectivity index (χ2v) is 7.88. The molecule has 1 saturated heterocycles. The van der Waals surface area contributed by atoms with E-state index in [-0.39, 0.29) is 0 Å². The predicted octanol–water partition coefficient (Wildman–Crippen LogP) is 1.77. The van der Waals surface area contributed by atoms with Crippen molar-refractivity contribution < 1.29 is 0 Å². The van der Waals surface area contributed by atoms with Crippen molar-refractivity contribution in [3.05, 3.63) is 0 Å². The molecule has 2 N–H and O–H groups in total. The predicted molar refractivity (Wildman–Crippen MR) is 41.0 cm³/mol. The van der Waals surface area contributed by atoms with Gasteiger partial charge < -0.3 is 0 Å². The van der Waals surface area contributed by atoms with Gasteiger partial charge in [-0.1, -0.05) is 29.8 Å². The van der Waals surface area contributed by atoms with Crippen molar-refractivity contribution in [3.63, 3.8) is 0 Å². The summed E-state index contributed by atoms with van der Waals surface area (Å²) in [6.07, 6.45) is 4.38. The fraction of sp³-hybridized carbons (Fsp3) is 1.00. The fourth-order valence-corrected chi connectivity index (χ4v) is 5.07. The molecule has 3 heteroatoms. The van der Waals surface area contributed by atoms with Crippen LogP contribution in [0.1, 0.15) is 19.3 Å². The van der Waals surface area contributed by atoms with Crippen molar-refractivity contribution in [2.24, 2.45) is 5.14 Å². The van der Waals surface area contributed by atoms with Crippen molar-refractivity contribution in [2.75, 3.05) is 0 Å². The summed E-state index contributed by atoms with van der Waals surface area (Å²) in [4.78, 5) is 0. The van der Waals surface area contributed by atoms with Crippen LogP contribution in [0.4, 0.5) is 0 Å². The zero-order chi connectivity index (χ0) is 5.82. The van der Waals surface area contributed by atoms with Crippen LogP contribution in [0.15, 0.2) is 0 Å². The summed E-state index contributed by atoms with van der Waals surface area (Å²) in [5.74, 6) is 0. The van der Waals surface area contributed by atoms with Crippen molar-refractivity contribution in [1.82, 2.24) is 0 Å². The Morgan fingerprint density at radius 1 is 1.12 bits per heavy atom. The summed E-state index contributed by atoms with van der Waals surface area (Å²) in [6, 6.07) is 0. The van der Waals surface area contributed by atoms with E-state index in [2.05, 4.69) is 0 Å². The molecule has 0 atom stereocenters. The minimum Gasteiger partial charge on any atom is -0.296 e. The Balaban J connectivity index is 2.13. The van der Waals surface area contributed by atoms with E-state index in [4.69, 9.17) is 5.14 Å². The van der Waals surface area contributed by atoms with Crippen LogP contribution in [0.5, 0.6) is 0 Å². The highest BCUT2D eigenvalue weighted by Crippen LogP contribution is 2.22. The lowest BCUT2D eigenvalue weighted by molar-refractivity contribution is 0.731. The lowest BCUT2D eigenvalue weighted by atomic mass is 10.3. The summed E-state index contributed by atoms with van der Waals surface area (Å²) in [7, 11) is 1.68. The van der Waals surface area contributed by atoms with Crippen molar-refractivity contribution in [3.8, 4) is 0 Å². The van der Waals surface area contributed by atoms with Crippen LogP contribution in [0.25, 0.3) is 0 Å². The van der Waals surface area contributed by atoms with Crippen LogP contribution in [-0.2, 0) is 0 Å². The second-order valence-electron chi connectivity index (χ2n) is 2.40. The summed E-state index contributed by atoms with van der Waals surface area (Å²) in [6.45, 7) is 0. The first-order chi connectivity index (χ1) is 3.93. The van der Waals surface area contributed by atoms with Crippen LogP contribution in [-0.4, -0.2) is 13.0 Å². The van der Waals surface area contributed by atoms with Crippen LogP contribution in [0.3, 0.4) is 0 Å². The molecule has 0 unspecified atom stereocenters. The quantitative estimate of drug-likeness (QED) is 0.449. The summed E-state index contributed by atoms with van der Waals surface area (Å²) in [5, 5.41) is 8.46. The maximum Gasteiger partial charge on any atom is 0.374 e. The van der Waals surface area contributed by atoms with Crippen LogP contribution >= 0.6 is 10.3 Å². The Bertz CT molecular complexity index is 63.4. The van der Waals surface area contributed by atoms with E-state index in [1.807, 2.05) is 0 Å². The highest BCUT2D eigenvalue weighted by Gasteiger charge is 2.19. The topological polar surface area (TPSA) is 26.0 Å². The van der Waals surface area contributed by atoms with Crippen molar-refractivity contribution in [2.45, 2.75) is 29.8 Å². The standard InChI is InChI=1S/C5H10.Al.H2NS/c1-3-5-4-2;;1-2/h1-5H2;;1H2/q;+1;-1. The zero-order valence-electron chi connectivity index (χ0n) is 5.10. The van der Waals surface area contributed by atoms with Gasteiger partial charge in [0.15, 0.2) is 0 Å². The molecule has 0 amide bonds. The van der Waals surface area contributed by atoms with Gasteiger partial charge in [-0.25, -0.2) is 0 Å².